The van der Waals surface area contributed by atoms with Gasteiger partial charge in [0.1, 0.15) is 0 Å². The predicted molar refractivity (Wildman–Crippen MR) is 105 cm³/mol. The Bertz CT molecular complexity index is 389. The van der Waals surface area contributed by atoms with Gasteiger partial charge in [-0.1, -0.05) is 26.7 Å². The molecule has 0 saturated heterocycles. The second-order valence-corrected chi connectivity index (χ2v) is 5.90. The second-order valence-electron chi connectivity index (χ2n) is 5.90. The Labute approximate surface area is 152 Å². The number of halogens is 1. The molecule has 1 aromatic rings. The number of guanidine groups is 1. The van der Waals surface area contributed by atoms with Gasteiger partial charge in [0.05, 0.1) is 13.1 Å². The van der Waals surface area contributed by atoms with Crippen molar-refractivity contribution in [1.29, 1.82) is 0 Å². The number of hydrogen-bond donors (Lipinski definition) is 2. The van der Waals surface area contributed by atoms with Crippen LogP contribution >= 0.6 is 24.0 Å². The Morgan fingerprint density at radius 2 is 2.05 bits per heavy atom. The Balaban J connectivity index is 0.00000441. The molecule has 0 amide bonds. The van der Waals surface area contributed by atoms with Crippen LogP contribution < -0.4 is 10.6 Å². The van der Waals surface area contributed by atoms with Gasteiger partial charge in [-0.2, -0.15) is 5.10 Å². The Hall–Kier alpha value is -0.790. The molecule has 0 radical (unpaired) electrons. The van der Waals surface area contributed by atoms with Crippen molar-refractivity contribution in [1.82, 2.24) is 20.4 Å². The lowest BCUT2D eigenvalue weighted by atomic mass is 10.0. The van der Waals surface area contributed by atoms with Gasteiger partial charge in [-0.05, 0) is 32.3 Å². The van der Waals surface area contributed by atoms with Gasteiger partial charge in [-0.15, -0.1) is 24.0 Å². The van der Waals surface area contributed by atoms with Crippen LogP contribution in [0.4, 0.5) is 0 Å². The summed E-state index contributed by atoms with van der Waals surface area (Å²) in [6, 6.07) is 2.38. The van der Waals surface area contributed by atoms with Crippen molar-refractivity contribution >= 4 is 29.9 Å². The molecule has 1 rings (SSSR count). The first-order chi connectivity index (χ1) is 10.1. The summed E-state index contributed by atoms with van der Waals surface area (Å²) in [5.74, 6) is 1.69. The van der Waals surface area contributed by atoms with Gasteiger partial charge in [0.15, 0.2) is 5.96 Å². The lowest BCUT2D eigenvalue weighted by Crippen LogP contribution is -2.42. The quantitative estimate of drug-likeness (QED) is 0.366. The fourth-order valence-electron chi connectivity index (χ4n) is 2.15. The van der Waals surface area contributed by atoms with Crippen molar-refractivity contribution < 1.29 is 0 Å². The van der Waals surface area contributed by atoms with Crippen molar-refractivity contribution in [2.45, 2.75) is 59.5 Å². The van der Waals surface area contributed by atoms with Crippen molar-refractivity contribution in [2.24, 2.45) is 10.9 Å². The third kappa shape index (κ3) is 10.0. The maximum Gasteiger partial charge on any atom is 0.191 e. The van der Waals surface area contributed by atoms with Crippen LogP contribution in [0, 0.1) is 5.92 Å². The number of aromatic nitrogens is 2. The molecule has 0 aromatic carbocycles. The second kappa shape index (κ2) is 12.7. The third-order valence-corrected chi connectivity index (χ3v) is 3.30. The molecular formula is C16H32IN5. The van der Waals surface area contributed by atoms with E-state index < -0.39 is 0 Å². The van der Waals surface area contributed by atoms with E-state index in [0.29, 0.717) is 6.04 Å². The molecular weight excluding hydrogens is 389 g/mol. The van der Waals surface area contributed by atoms with Crippen molar-refractivity contribution in [3.63, 3.8) is 0 Å². The van der Waals surface area contributed by atoms with E-state index in [1.807, 2.05) is 16.9 Å². The molecule has 1 aromatic heterocycles. The molecule has 22 heavy (non-hydrogen) atoms. The highest BCUT2D eigenvalue weighted by Crippen LogP contribution is 2.08. The summed E-state index contributed by atoms with van der Waals surface area (Å²) in [6.07, 6.45) is 7.49. The van der Waals surface area contributed by atoms with E-state index >= 15 is 0 Å². The first-order valence-electron chi connectivity index (χ1n) is 8.14. The molecule has 2 N–H and O–H groups in total. The summed E-state index contributed by atoms with van der Waals surface area (Å²) in [5, 5.41) is 11.0. The number of hydrogen-bond acceptors (Lipinski definition) is 2. The lowest BCUT2D eigenvalue weighted by Gasteiger charge is -2.18. The largest absolute Gasteiger partial charge is 0.357 e. The van der Waals surface area contributed by atoms with Crippen LogP contribution in [0.2, 0.25) is 0 Å². The summed E-state index contributed by atoms with van der Waals surface area (Å²) < 4.78 is 1.90. The first-order valence-corrected chi connectivity index (χ1v) is 8.14. The van der Waals surface area contributed by atoms with E-state index in [2.05, 4.69) is 48.4 Å². The standard InChI is InChI=1S/C16H31N5.HI/c1-5-17-16(18-11-13-21-12-7-10-19-21)20-15(4)9-6-8-14(2)3;/h7,10,12,14-15H,5-6,8-9,11,13H2,1-4H3,(H2,17,18,20);1H. The summed E-state index contributed by atoms with van der Waals surface area (Å²) >= 11 is 0. The summed E-state index contributed by atoms with van der Waals surface area (Å²) in [7, 11) is 0. The van der Waals surface area contributed by atoms with Crippen LogP contribution in [0.5, 0.6) is 0 Å². The van der Waals surface area contributed by atoms with Gasteiger partial charge in [0, 0.05) is 25.0 Å². The average molecular weight is 421 g/mol. The van der Waals surface area contributed by atoms with Crippen LogP contribution in [0.1, 0.15) is 47.0 Å². The zero-order chi connectivity index (χ0) is 15.5. The number of rotatable bonds is 9. The fourth-order valence-corrected chi connectivity index (χ4v) is 2.15. The monoisotopic (exact) mass is 421 g/mol. The van der Waals surface area contributed by atoms with E-state index in [0.717, 1.165) is 31.5 Å². The summed E-state index contributed by atoms with van der Waals surface area (Å²) in [6.45, 7) is 11.3. The SMILES string of the molecule is CCNC(=NCCn1cccn1)NC(C)CCCC(C)C.I. The van der Waals surface area contributed by atoms with Gasteiger partial charge < -0.3 is 10.6 Å². The molecule has 128 valence electrons. The number of nitrogens with one attached hydrogen (secondary N) is 2. The number of aliphatic imine (C=N–C) groups is 1. The van der Waals surface area contributed by atoms with Crippen molar-refractivity contribution in [3.05, 3.63) is 18.5 Å². The van der Waals surface area contributed by atoms with Crippen LogP contribution in [-0.2, 0) is 6.54 Å². The molecule has 0 aliphatic heterocycles. The highest BCUT2D eigenvalue weighted by molar-refractivity contribution is 14.0. The fraction of sp³-hybridized carbons (Fsp3) is 0.750. The molecule has 5 nitrogen and oxygen atoms in total. The van der Waals surface area contributed by atoms with Crippen molar-refractivity contribution in [2.75, 3.05) is 13.1 Å². The molecule has 1 atom stereocenters. The Morgan fingerprint density at radius 1 is 1.27 bits per heavy atom. The smallest absolute Gasteiger partial charge is 0.191 e. The van der Waals surface area contributed by atoms with Gasteiger partial charge in [-0.25, -0.2) is 0 Å². The first kappa shape index (κ1) is 21.2. The summed E-state index contributed by atoms with van der Waals surface area (Å²) in [5.41, 5.74) is 0. The van der Waals surface area contributed by atoms with Crippen LogP contribution in [0.25, 0.3) is 0 Å². The average Bonchev–Trinajstić information content (AvgIpc) is 2.91. The Kier molecular flexibility index (Phi) is 12.3. The molecule has 0 spiro atoms. The van der Waals surface area contributed by atoms with Crippen LogP contribution in [0.3, 0.4) is 0 Å². The molecule has 0 aliphatic carbocycles. The van der Waals surface area contributed by atoms with E-state index in [1.54, 1.807) is 6.20 Å². The zero-order valence-electron chi connectivity index (χ0n) is 14.4. The topological polar surface area (TPSA) is 54.2 Å². The maximum absolute atomic E-state index is 4.61. The van der Waals surface area contributed by atoms with Crippen molar-refractivity contribution in [3.8, 4) is 0 Å². The summed E-state index contributed by atoms with van der Waals surface area (Å²) in [4.78, 5) is 4.61. The normalized spacial score (nSPS) is 12.9. The minimum Gasteiger partial charge on any atom is -0.357 e. The van der Waals surface area contributed by atoms with E-state index in [1.165, 1.54) is 19.3 Å². The highest BCUT2D eigenvalue weighted by Gasteiger charge is 2.05. The molecule has 0 aliphatic rings. The van der Waals surface area contributed by atoms with E-state index in [9.17, 15) is 0 Å². The van der Waals surface area contributed by atoms with Gasteiger partial charge in [-0.3, -0.25) is 9.67 Å². The maximum atomic E-state index is 4.61. The van der Waals surface area contributed by atoms with Crippen LogP contribution in [-0.4, -0.2) is 34.9 Å². The zero-order valence-corrected chi connectivity index (χ0v) is 16.7. The molecule has 6 heteroatoms. The Morgan fingerprint density at radius 3 is 2.64 bits per heavy atom. The van der Waals surface area contributed by atoms with Gasteiger partial charge in [0.25, 0.3) is 0 Å². The number of nitrogens with zero attached hydrogens (tertiary/aromatic N) is 3. The molecule has 0 fully saturated rings. The van der Waals surface area contributed by atoms with Crippen LogP contribution in [0.15, 0.2) is 23.5 Å². The third-order valence-electron chi connectivity index (χ3n) is 3.30. The van der Waals surface area contributed by atoms with E-state index in [4.69, 9.17) is 0 Å². The lowest BCUT2D eigenvalue weighted by molar-refractivity contribution is 0.491. The predicted octanol–water partition coefficient (Wildman–Crippen LogP) is 3.27. The molecule has 1 unspecified atom stereocenters. The minimum atomic E-state index is 0. The van der Waals surface area contributed by atoms with E-state index in [-0.39, 0.29) is 24.0 Å². The molecule has 0 saturated carbocycles. The highest BCUT2D eigenvalue weighted by atomic mass is 127. The van der Waals surface area contributed by atoms with Gasteiger partial charge in [0.2, 0.25) is 0 Å². The molecule has 1 heterocycles. The molecule has 0 bridgehead atoms. The van der Waals surface area contributed by atoms with Gasteiger partial charge >= 0.3 is 0 Å². The minimum absolute atomic E-state index is 0.